The van der Waals surface area contributed by atoms with Gasteiger partial charge in [0.05, 0.1) is 12.1 Å². The van der Waals surface area contributed by atoms with Gasteiger partial charge in [0.25, 0.3) is 0 Å². The van der Waals surface area contributed by atoms with Crippen molar-refractivity contribution in [3.05, 3.63) is 34.6 Å². The molecular weight excluding hydrogens is 305 g/mol. The van der Waals surface area contributed by atoms with Gasteiger partial charge in [-0.2, -0.15) is 0 Å². The summed E-state index contributed by atoms with van der Waals surface area (Å²) < 4.78 is 65.9. The summed E-state index contributed by atoms with van der Waals surface area (Å²) in [6.45, 7) is 0. The lowest BCUT2D eigenvalue weighted by molar-refractivity contribution is 0.0390. The van der Waals surface area contributed by atoms with E-state index in [0.29, 0.717) is 12.8 Å². The Hall–Kier alpha value is -0.920. The van der Waals surface area contributed by atoms with Crippen LogP contribution in [-0.2, 0) is 0 Å². The van der Waals surface area contributed by atoms with Crippen molar-refractivity contribution in [2.45, 2.75) is 31.4 Å². The molecule has 0 spiro atoms. The summed E-state index contributed by atoms with van der Waals surface area (Å²) in [5.41, 5.74) is 4.30. The van der Waals surface area contributed by atoms with Crippen LogP contribution < -0.4 is 5.73 Å². The molecule has 20 heavy (non-hydrogen) atoms. The second kappa shape index (κ2) is 6.24. The Morgan fingerprint density at radius 1 is 0.900 bits per heavy atom. The van der Waals surface area contributed by atoms with Crippen molar-refractivity contribution in [2.24, 2.45) is 11.7 Å². The summed E-state index contributed by atoms with van der Waals surface area (Å²) in [5, 5.41) is 9.79. The molecular formula is C12H13ClF5NO. The normalized spacial score (nSPS) is 18.1. The van der Waals surface area contributed by atoms with Crippen LogP contribution in [0.3, 0.4) is 0 Å². The number of benzene rings is 1. The highest BCUT2D eigenvalue weighted by Crippen LogP contribution is 2.36. The van der Waals surface area contributed by atoms with Crippen molar-refractivity contribution in [3.8, 4) is 0 Å². The van der Waals surface area contributed by atoms with E-state index in [0.717, 1.165) is 6.42 Å². The number of rotatable bonds is 3. The molecule has 2 rings (SSSR count). The smallest absolute Gasteiger partial charge is 0.200 e. The number of aliphatic hydroxyl groups is 1. The maximum atomic E-state index is 13.5. The van der Waals surface area contributed by atoms with E-state index < -0.39 is 46.8 Å². The molecule has 0 saturated heterocycles. The van der Waals surface area contributed by atoms with Crippen molar-refractivity contribution in [2.75, 3.05) is 0 Å². The molecule has 3 N–H and O–H groups in total. The van der Waals surface area contributed by atoms with Gasteiger partial charge in [0.1, 0.15) is 0 Å². The van der Waals surface area contributed by atoms with Crippen LogP contribution in [0.5, 0.6) is 0 Å². The summed E-state index contributed by atoms with van der Waals surface area (Å²) in [4.78, 5) is 0. The Bertz CT molecular complexity index is 480. The second-order valence-corrected chi connectivity index (χ2v) is 4.69. The maximum Gasteiger partial charge on any atom is 0.200 e. The molecule has 8 heteroatoms. The van der Waals surface area contributed by atoms with Crippen LogP contribution in [-0.4, -0.2) is 11.2 Å². The van der Waals surface area contributed by atoms with E-state index >= 15 is 0 Å². The van der Waals surface area contributed by atoms with Crippen LogP contribution in [0.15, 0.2) is 0 Å². The second-order valence-electron chi connectivity index (χ2n) is 4.69. The van der Waals surface area contributed by atoms with Crippen LogP contribution in [0.25, 0.3) is 0 Å². The molecule has 2 nitrogen and oxygen atoms in total. The van der Waals surface area contributed by atoms with Crippen molar-refractivity contribution >= 4 is 12.4 Å². The van der Waals surface area contributed by atoms with Gasteiger partial charge in [-0.05, 0) is 18.8 Å². The van der Waals surface area contributed by atoms with E-state index in [1.807, 2.05) is 0 Å². The lowest BCUT2D eigenvalue weighted by atomic mass is 9.77. The molecule has 0 radical (unpaired) electrons. The summed E-state index contributed by atoms with van der Waals surface area (Å²) in [6.07, 6.45) is 0.738. The molecule has 1 aliphatic rings. The fraction of sp³-hybridized carbons (Fsp3) is 0.500. The molecule has 1 fully saturated rings. The van der Waals surface area contributed by atoms with Gasteiger partial charge in [-0.25, -0.2) is 22.0 Å². The first-order valence-electron chi connectivity index (χ1n) is 5.81. The molecule has 0 heterocycles. The Morgan fingerprint density at radius 3 is 1.65 bits per heavy atom. The van der Waals surface area contributed by atoms with Gasteiger partial charge in [0, 0.05) is 5.56 Å². The first-order valence-corrected chi connectivity index (χ1v) is 5.81. The molecule has 1 aliphatic carbocycles. The third-order valence-electron chi connectivity index (χ3n) is 3.58. The van der Waals surface area contributed by atoms with Crippen molar-refractivity contribution in [1.29, 1.82) is 0 Å². The predicted molar refractivity (Wildman–Crippen MR) is 63.8 cm³/mol. The standard InChI is InChI=1S/C12H12F5NO.ClH/c13-6-5(7(14)9(16)10(17)8(6)15)11(18)12(19)4-2-1-3-4;/h4,11-12,19H,1-3,18H2;1H/t11-,12+;/m0./s1. The highest BCUT2D eigenvalue weighted by molar-refractivity contribution is 5.85. The minimum absolute atomic E-state index is 0. The van der Waals surface area contributed by atoms with Gasteiger partial charge in [-0.3, -0.25) is 0 Å². The van der Waals surface area contributed by atoms with E-state index in [9.17, 15) is 27.1 Å². The third-order valence-corrected chi connectivity index (χ3v) is 3.58. The van der Waals surface area contributed by atoms with Gasteiger partial charge in [0.15, 0.2) is 23.3 Å². The number of nitrogens with two attached hydrogens (primary N) is 1. The van der Waals surface area contributed by atoms with E-state index in [-0.39, 0.29) is 18.3 Å². The minimum Gasteiger partial charge on any atom is -0.391 e. The van der Waals surface area contributed by atoms with Crippen LogP contribution in [0.2, 0.25) is 0 Å². The number of aliphatic hydroxyl groups excluding tert-OH is 1. The fourth-order valence-corrected chi connectivity index (χ4v) is 2.16. The lowest BCUT2D eigenvalue weighted by Gasteiger charge is -2.34. The van der Waals surface area contributed by atoms with Gasteiger partial charge >= 0.3 is 0 Å². The van der Waals surface area contributed by atoms with E-state index in [4.69, 9.17) is 5.73 Å². The molecule has 1 saturated carbocycles. The third kappa shape index (κ3) is 2.62. The first kappa shape index (κ1) is 17.1. The average molecular weight is 318 g/mol. The molecule has 0 unspecified atom stereocenters. The van der Waals surface area contributed by atoms with Gasteiger partial charge < -0.3 is 10.8 Å². The van der Waals surface area contributed by atoms with E-state index in [2.05, 4.69) is 0 Å². The fourth-order valence-electron chi connectivity index (χ4n) is 2.16. The van der Waals surface area contributed by atoms with Gasteiger partial charge in [-0.1, -0.05) is 6.42 Å². The average Bonchev–Trinajstić information content (AvgIpc) is 2.32. The Labute approximate surface area is 118 Å². The zero-order valence-corrected chi connectivity index (χ0v) is 11.0. The van der Waals surface area contributed by atoms with Crippen molar-refractivity contribution in [1.82, 2.24) is 0 Å². The molecule has 114 valence electrons. The molecule has 1 aromatic carbocycles. The molecule has 2 atom stereocenters. The Balaban J connectivity index is 0.00000200. The molecule has 0 aromatic heterocycles. The number of halogens is 6. The lowest BCUT2D eigenvalue weighted by Crippen LogP contribution is -2.37. The van der Waals surface area contributed by atoms with Crippen LogP contribution in [0.1, 0.15) is 30.9 Å². The maximum absolute atomic E-state index is 13.5. The predicted octanol–water partition coefficient (Wildman–Crippen LogP) is 2.96. The summed E-state index contributed by atoms with van der Waals surface area (Å²) >= 11 is 0. The van der Waals surface area contributed by atoms with Gasteiger partial charge in [-0.15, -0.1) is 12.4 Å². The summed E-state index contributed by atoms with van der Waals surface area (Å²) in [6, 6.07) is -1.64. The monoisotopic (exact) mass is 317 g/mol. The topological polar surface area (TPSA) is 46.2 Å². The van der Waals surface area contributed by atoms with E-state index in [1.54, 1.807) is 0 Å². The van der Waals surface area contributed by atoms with Gasteiger partial charge in [0.2, 0.25) is 5.82 Å². The number of hydrogen-bond acceptors (Lipinski definition) is 2. The largest absolute Gasteiger partial charge is 0.391 e. The Morgan fingerprint density at radius 2 is 1.30 bits per heavy atom. The molecule has 0 bridgehead atoms. The quantitative estimate of drug-likeness (QED) is 0.511. The first-order chi connectivity index (χ1) is 8.86. The molecule has 1 aromatic rings. The van der Waals surface area contributed by atoms with Crippen molar-refractivity contribution < 1.29 is 27.1 Å². The zero-order chi connectivity index (χ0) is 14.3. The van der Waals surface area contributed by atoms with Crippen LogP contribution in [0.4, 0.5) is 22.0 Å². The van der Waals surface area contributed by atoms with E-state index in [1.165, 1.54) is 0 Å². The summed E-state index contributed by atoms with van der Waals surface area (Å²) in [5.74, 6) is -10.6. The summed E-state index contributed by atoms with van der Waals surface area (Å²) in [7, 11) is 0. The van der Waals surface area contributed by atoms with Crippen LogP contribution >= 0.6 is 12.4 Å². The Kier molecular flexibility index (Phi) is 5.34. The highest BCUT2D eigenvalue weighted by atomic mass is 35.5. The van der Waals surface area contributed by atoms with Crippen molar-refractivity contribution in [3.63, 3.8) is 0 Å². The SMILES string of the molecule is Cl.N[C@@H](c1c(F)c(F)c(F)c(F)c1F)[C@H](O)C1CCC1. The van der Waals surface area contributed by atoms with Crippen LogP contribution in [0, 0.1) is 35.0 Å². The molecule has 0 aliphatic heterocycles. The minimum atomic E-state index is -2.23. The highest BCUT2D eigenvalue weighted by Gasteiger charge is 2.36. The zero-order valence-electron chi connectivity index (χ0n) is 10.2. The number of hydrogen-bond donors (Lipinski definition) is 2. The molecule has 0 amide bonds.